The number of pyridine rings is 1. The topological polar surface area (TPSA) is 49.8 Å². The van der Waals surface area contributed by atoms with Crippen molar-refractivity contribution < 1.29 is 4.74 Å². The number of aromatic nitrogens is 1. The summed E-state index contributed by atoms with van der Waals surface area (Å²) in [5, 5.41) is 3.41. The Labute approximate surface area is 163 Å². The molecule has 1 aliphatic carbocycles. The van der Waals surface area contributed by atoms with Crippen LogP contribution in [0.4, 0.5) is 0 Å². The number of hydrogen-bond donors (Lipinski definition) is 1. The maximum absolute atomic E-state index is 5.97. The van der Waals surface area contributed by atoms with Crippen molar-refractivity contribution in [2.45, 2.75) is 58.1 Å². The highest BCUT2D eigenvalue weighted by molar-refractivity contribution is 14.0. The van der Waals surface area contributed by atoms with Crippen LogP contribution in [0.2, 0.25) is 0 Å². The fourth-order valence-electron chi connectivity index (χ4n) is 2.87. The van der Waals surface area contributed by atoms with Crippen LogP contribution in [0.1, 0.15) is 51.0 Å². The predicted molar refractivity (Wildman–Crippen MR) is 110 cm³/mol. The third kappa shape index (κ3) is 6.83. The summed E-state index contributed by atoms with van der Waals surface area (Å²) >= 11 is 0. The van der Waals surface area contributed by atoms with Gasteiger partial charge in [0, 0.05) is 39.4 Å². The number of hydrogen-bond acceptors (Lipinski definition) is 3. The first-order chi connectivity index (χ1) is 11.2. The summed E-state index contributed by atoms with van der Waals surface area (Å²) < 4.78 is 5.97. The first-order valence-electron chi connectivity index (χ1n) is 8.76. The zero-order valence-corrected chi connectivity index (χ0v) is 17.5. The maximum Gasteiger partial charge on any atom is 0.213 e. The lowest BCUT2D eigenvalue weighted by atomic mass is 10.2. The van der Waals surface area contributed by atoms with E-state index in [1.165, 1.54) is 25.7 Å². The minimum Gasteiger partial charge on any atom is -0.474 e. The number of aliphatic imine (C=N–C) groups is 1. The molecule has 1 fully saturated rings. The lowest BCUT2D eigenvalue weighted by Crippen LogP contribution is -2.38. The first-order valence-corrected chi connectivity index (χ1v) is 8.76. The van der Waals surface area contributed by atoms with E-state index in [0.29, 0.717) is 6.10 Å². The number of rotatable bonds is 7. The quantitative estimate of drug-likeness (QED) is 0.393. The second-order valence-corrected chi connectivity index (χ2v) is 6.20. The molecule has 0 spiro atoms. The Balaban J connectivity index is 0.00000288. The summed E-state index contributed by atoms with van der Waals surface area (Å²) in [4.78, 5) is 10.8. The fourth-order valence-corrected chi connectivity index (χ4v) is 2.87. The molecule has 0 aliphatic heterocycles. The second kappa shape index (κ2) is 11.5. The van der Waals surface area contributed by atoms with E-state index in [-0.39, 0.29) is 24.0 Å². The highest BCUT2D eigenvalue weighted by Gasteiger charge is 2.17. The standard InChI is InChI=1S/C18H30N4O.HI/c1-4-5-12-22(3)18(19-2)21-14-15-10-11-20-17(13-15)23-16-8-6-7-9-16;/h10-11,13,16H,4-9,12,14H2,1-3H3,(H,19,21);1H. The van der Waals surface area contributed by atoms with Gasteiger partial charge in [0.1, 0.15) is 6.10 Å². The summed E-state index contributed by atoms with van der Waals surface area (Å²) in [5.74, 6) is 1.67. The van der Waals surface area contributed by atoms with Crippen LogP contribution in [-0.2, 0) is 6.54 Å². The summed E-state index contributed by atoms with van der Waals surface area (Å²) in [7, 11) is 3.90. The first kappa shape index (κ1) is 21.0. The Bertz CT molecular complexity index is 504. The van der Waals surface area contributed by atoms with Gasteiger partial charge in [0.2, 0.25) is 5.88 Å². The van der Waals surface area contributed by atoms with Gasteiger partial charge in [0.25, 0.3) is 0 Å². The molecule has 0 bridgehead atoms. The molecule has 6 heteroatoms. The van der Waals surface area contributed by atoms with Crippen LogP contribution in [0.5, 0.6) is 5.88 Å². The molecule has 1 N–H and O–H groups in total. The number of guanidine groups is 1. The van der Waals surface area contributed by atoms with E-state index in [9.17, 15) is 0 Å². The van der Waals surface area contributed by atoms with Gasteiger partial charge in [-0.05, 0) is 43.7 Å². The van der Waals surface area contributed by atoms with Gasteiger partial charge < -0.3 is 15.0 Å². The molecule has 1 aliphatic rings. The van der Waals surface area contributed by atoms with E-state index in [1.54, 1.807) is 0 Å². The van der Waals surface area contributed by atoms with Crippen molar-refractivity contribution in [3.8, 4) is 5.88 Å². The number of nitrogens with one attached hydrogen (secondary N) is 1. The van der Waals surface area contributed by atoms with Crippen LogP contribution in [0.25, 0.3) is 0 Å². The van der Waals surface area contributed by atoms with E-state index in [2.05, 4.69) is 34.2 Å². The van der Waals surface area contributed by atoms with E-state index in [4.69, 9.17) is 4.74 Å². The van der Waals surface area contributed by atoms with E-state index < -0.39 is 0 Å². The average molecular weight is 446 g/mol. The van der Waals surface area contributed by atoms with Gasteiger partial charge in [0.15, 0.2) is 5.96 Å². The fraction of sp³-hybridized carbons (Fsp3) is 0.667. The third-order valence-corrected chi connectivity index (χ3v) is 4.26. The molecule has 1 heterocycles. The van der Waals surface area contributed by atoms with Gasteiger partial charge in [0.05, 0.1) is 0 Å². The molecular weight excluding hydrogens is 415 g/mol. The van der Waals surface area contributed by atoms with E-state index >= 15 is 0 Å². The summed E-state index contributed by atoms with van der Waals surface area (Å²) in [5.41, 5.74) is 1.16. The Kier molecular flexibility index (Phi) is 10.1. The van der Waals surface area contributed by atoms with Crippen molar-refractivity contribution >= 4 is 29.9 Å². The molecule has 0 saturated heterocycles. The number of ether oxygens (including phenoxy) is 1. The van der Waals surface area contributed by atoms with Gasteiger partial charge in [-0.15, -0.1) is 24.0 Å². The lowest BCUT2D eigenvalue weighted by molar-refractivity contribution is 0.201. The summed E-state index contributed by atoms with van der Waals surface area (Å²) in [6.45, 7) is 3.95. The van der Waals surface area contributed by atoms with Crippen molar-refractivity contribution in [2.24, 2.45) is 4.99 Å². The number of halogens is 1. The average Bonchev–Trinajstić information content (AvgIpc) is 3.06. The molecule has 0 unspecified atom stereocenters. The van der Waals surface area contributed by atoms with E-state index in [0.717, 1.165) is 43.3 Å². The number of nitrogens with zero attached hydrogens (tertiary/aromatic N) is 3. The number of unbranched alkanes of at least 4 members (excludes halogenated alkanes) is 1. The second-order valence-electron chi connectivity index (χ2n) is 6.20. The summed E-state index contributed by atoms with van der Waals surface area (Å²) in [6.07, 6.45) is 9.37. The Morgan fingerprint density at radius 2 is 2.17 bits per heavy atom. The molecule has 136 valence electrons. The zero-order chi connectivity index (χ0) is 16.5. The minimum atomic E-state index is 0. The highest BCUT2D eigenvalue weighted by atomic mass is 127. The van der Waals surface area contributed by atoms with Crippen molar-refractivity contribution in [1.82, 2.24) is 15.2 Å². The molecule has 1 aromatic rings. The van der Waals surface area contributed by atoms with Crippen LogP contribution >= 0.6 is 24.0 Å². The smallest absolute Gasteiger partial charge is 0.213 e. The lowest BCUT2D eigenvalue weighted by Gasteiger charge is -2.22. The van der Waals surface area contributed by atoms with Crippen LogP contribution in [0.3, 0.4) is 0 Å². The van der Waals surface area contributed by atoms with E-state index in [1.807, 2.05) is 25.4 Å². The maximum atomic E-state index is 5.97. The Morgan fingerprint density at radius 3 is 2.83 bits per heavy atom. The molecule has 0 aromatic carbocycles. The normalized spacial score (nSPS) is 15.0. The predicted octanol–water partition coefficient (Wildman–Crippen LogP) is 3.83. The molecule has 0 radical (unpaired) electrons. The van der Waals surface area contributed by atoms with Gasteiger partial charge in [-0.25, -0.2) is 4.98 Å². The Morgan fingerprint density at radius 1 is 1.42 bits per heavy atom. The molecule has 24 heavy (non-hydrogen) atoms. The summed E-state index contributed by atoms with van der Waals surface area (Å²) in [6, 6.07) is 4.05. The highest BCUT2D eigenvalue weighted by Crippen LogP contribution is 2.23. The molecule has 1 saturated carbocycles. The van der Waals surface area contributed by atoms with Gasteiger partial charge in [-0.3, -0.25) is 4.99 Å². The van der Waals surface area contributed by atoms with Crippen LogP contribution < -0.4 is 10.1 Å². The van der Waals surface area contributed by atoms with Crippen LogP contribution in [0.15, 0.2) is 23.3 Å². The SMILES string of the molecule is CCCCN(C)C(=NC)NCc1ccnc(OC2CCCC2)c1.I. The zero-order valence-electron chi connectivity index (χ0n) is 15.1. The minimum absolute atomic E-state index is 0. The van der Waals surface area contributed by atoms with Crippen molar-refractivity contribution in [3.63, 3.8) is 0 Å². The monoisotopic (exact) mass is 446 g/mol. The van der Waals surface area contributed by atoms with Crippen molar-refractivity contribution in [1.29, 1.82) is 0 Å². The molecule has 1 aromatic heterocycles. The van der Waals surface area contributed by atoms with Gasteiger partial charge in [-0.1, -0.05) is 13.3 Å². The van der Waals surface area contributed by atoms with Gasteiger partial charge >= 0.3 is 0 Å². The molecule has 2 rings (SSSR count). The van der Waals surface area contributed by atoms with Crippen molar-refractivity contribution in [2.75, 3.05) is 20.6 Å². The van der Waals surface area contributed by atoms with Crippen LogP contribution in [0, 0.1) is 0 Å². The third-order valence-electron chi connectivity index (χ3n) is 4.26. The van der Waals surface area contributed by atoms with Gasteiger partial charge in [-0.2, -0.15) is 0 Å². The Hall–Kier alpha value is -1.05. The molecule has 0 atom stereocenters. The largest absolute Gasteiger partial charge is 0.474 e. The van der Waals surface area contributed by atoms with Crippen molar-refractivity contribution in [3.05, 3.63) is 23.9 Å². The van der Waals surface area contributed by atoms with Crippen LogP contribution in [-0.4, -0.2) is 42.6 Å². The molecule has 0 amide bonds. The molecule has 5 nitrogen and oxygen atoms in total. The molecular formula is C18H31IN4O.